The van der Waals surface area contributed by atoms with E-state index in [0.29, 0.717) is 18.3 Å². The van der Waals surface area contributed by atoms with E-state index in [1.54, 1.807) is 6.07 Å². The maximum absolute atomic E-state index is 12.8. The van der Waals surface area contributed by atoms with Gasteiger partial charge in [-0.25, -0.2) is 9.97 Å². The highest BCUT2D eigenvalue weighted by Gasteiger charge is 2.23. The van der Waals surface area contributed by atoms with Gasteiger partial charge in [0, 0.05) is 25.2 Å². The number of nitrogens with zero attached hydrogens (tertiary/aromatic N) is 3. The van der Waals surface area contributed by atoms with Crippen LogP contribution in [0.3, 0.4) is 0 Å². The summed E-state index contributed by atoms with van der Waals surface area (Å²) in [6.45, 7) is 1.40. The summed E-state index contributed by atoms with van der Waals surface area (Å²) in [4.78, 5) is 23.2. The van der Waals surface area contributed by atoms with Crippen molar-refractivity contribution in [3.63, 3.8) is 0 Å². The van der Waals surface area contributed by atoms with Crippen molar-refractivity contribution in [1.82, 2.24) is 14.9 Å². The average molecular weight is 322 g/mol. The number of aromatic nitrogens is 2. The van der Waals surface area contributed by atoms with E-state index < -0.39 is 0 Å². The fourth-order valence-corrected chi connectivity index (χ4v) is 3.66. The van der Waals surface area contributed by atoms with E-state index in [9.17, 15) is 4.79 Å². The van der Waals surface area contributed by atoms with Crippen LogP contribution in [0.2, 0.25) is 0 Å². The summed E-state index contributed by atoms with van der Waals surface area (Å²) in [6, 6.07) is 10.6. The molecule has 0 atom stereocenters. The number of hydrogen-bond donors (Lipinski definition) is 1. The Morgan fingerprint density at radius 2 is 1.92 bits per heavy atom. The largest absolute Gasteiger partial charge is 0.367 e. The molecule has 5 heteroatoms. The molecule has 5 nitrogen and oxygen atoms in total. The third-order valence-electron chi connectivity index (χ3n) is 5.01. The van der Waals surface area contributed by atoms with Gasteiger partial charge in [-0.05, 0) is 30.4 Å². The monoisotopic (exact) mass is 322 g/mol. The zero-order chi connectivity index (χ0) is 16.4. The lowest BCUT2D eigenvalue weighted by atomic mass is 10.00. The minimum Gasteiger partial charge on any atom is -0.367 e. The lowest BCUT2D eigenvalue weighted by molar-refractivity contribution is 0.0728. The van der Waals surface area contributed by atoms with Gasteiger partial charge in [0.1, 0.15) is 17.8 Å². The molecule has 0 bridgehead atoms. The number of fused-ring (bicyclic) bond motifs is 1. The summed E-state index contributed by atoms with van der Waals surface area (Å²) < 4.78 is 0. The zero-order valence-electron chi connectivity index (χ0n) is 13.7. The van der Waals surface area contributed by atoms with E-state index in [1.807, 2.05) is 11.0 Å². The summed E-state index contributed by atoms with van der Waals surface area (Å²) in [5, 5.41) is 3.43. The Labute approximate surface area is 142 Å². The van der Waals surface area contributed by atoms with E-state index in [1.165, 1.54) is 43.1 Å². The van der Waals surface area contributed by atoms with E-state index in [0.717, 1.165) is 18.8 Å². The van der Waals surface area contributed by atoms with Crippen molar-refractivity contribution in [2.24, 2.45) is 0 Å². The highest BCUT2D eigenvalue weighted by Crippen LogP contribution is 2.23. The molecular weight excluding hydrogens is 300 g/mol. The maximum atomic E-state index is 12.8. The predicted octanol–water partition coefficient (Wildman–Crippen LogP) is 3.03. The van der Waals surface area contributed by atoms with Crippen molar-refractivity contribution in [3.8, 4) is 0 Å². The summed E-state index contributed by atoms with van der Waals surface area (Å²) in [5.41, 5.74) is 3.05. The Hall–Kier alpha value is -2.43. The van der Waals surface area contributed by atoms with Crippen LogP contribution < -0.4 is 5.32 Å². The van der Waals surface area contributed by atoms with Crippen molar-refractivity contribution in [3.05, 3.63) is 53.5 Å². The molecule has 0 radical (unpaired) electrons. The van der Waals surface area contributed by atoms with Crippen LogP contribution in [0.1, 0.15) is 47.3 Å². The third kappa shape index (κ3) is 3.11. The standard InChI is InChI=1S/C19H22N4O/c24-19(23-10-9-14-5-1-2-6-15(14)12-23)17-11-18(21-13-20-17)22-16-7-3-4-8-16/h1-2,5-6,11,13,16H,3-4,7-10,12H2,(H,20,21,22). The van der Waals surface area contributed by atoms with Crippen molar-refractivity contribution in [2.75, 3.05) is 11.9 Å². The second-order valence-electron chi connectivity index (χ2n) is 6.66. The molecule has 4 rings (SSSR count). The van der Waals surface area contributed by atoms with Gasteiger partial charge in [0.2, 0.25) is 0 Å². The lowest BCUT2D eigenvalue weighted by Gasteiger charge is -2.28. The van der Waals surface area contributed by atoms with Gasteiger partial charge in [-0.3, -0.25) is 4.79 Å². The van der Waals surface area contributed by atoms with Crippen LogP contribution in [-0.4, -0.2) is 33.4 Å². The Balaban J connectivity index is 1.48. The number of carbonyl (C=O) groups excluding carboxylic acids is 1. The smallest absolute Gasteiger partial charge is 0.272 e. The van der Waals surface area contributed by atoms with Gasteiger partial charge in [-0.2, -0.15) is 0 Å². The summed E-state index contributed by atoms with van der Waals surface area (Å²) in [6.07, 6.45) is 7.28. The molecule has 0 spiro atoms. The van der Waals surface area contributed by atoms with Crippen molar-refractivity contribution in [2.45, 2.75) is 44.7 Å². The molecule has 1 saturated carbocycles. The van der Waals surface area contributed by atoms with Crippen LogP contribution in [-0.2, 0) is 13.0 Å². The number of hydrogen-bond acceptors (Lipinski definition) is 4. The number of anilines is 1. The Bertz CT molecular complexity index is 740. The fraction of sp³-hybridized carbons (Fsp3) is 0.421. The molecule has 2 aliphatic rings. The predicted molar refractivity (Wildman–Crippen MR) is 92.8 cm³/mol. The molecule has 24 heavy (non-hydrogen) atoms. The first-order valence-electron chi connectivity index (χ1n) is 8.74. The number of rotatable bonds is 3. The number of benzene rings is 1. The normalized spacial score (nSPS) is 17.6. The number of amides is 1. The SMILES string of the molecule is O=C(c1cc(NC2CCCC2)ncn1)N1CCc2ccccc2C1. The topological polar surface area (TPSA) is 58.1 Å². The molecule has 124 valence electrons. The van der Waals surface area contributed by atoms with Crippen LogP contribution >= 0.6 is 0 Å². The Kier molecular flexibility index (Phi) is 4.15. The molecule has 1 amide bonds. The number of nitrogens with one attached hydrogen (secondary N) is 1. The summed E-state index contributed by atoms with van der Waals surface area (Å²) in [7, 11) is 0. The van der Waals surface area contributed by atoms with E-state index in [2.05, 4.69) is 33.5 Å². The molecule has 2 aromatic rings. The molecule has 1 aromatic heterocycles. The van der Waals surface area contributed by atoms with E-state index in [4.69, 9.17) is 0 Å². The fourth-order valence-electron chi connectivity index (χ4n) is 3.66. The van der Waals surface area contributed by atoms with Crippen LogP contribution in [0.5, 0.6) is 0 Å². The molecule has 2 heterocycles. The molecule has 1 fully saturated rings. The van der Waals surface area contributed by atoms with Crippen molar-refractivity contribution < 1.29 is 4.79 Å². The highest BCUT2D eigenvalue weighted by molar-refractivity contribution is 5.93. The molecule has 0 unspecified atom stereocenters. The summed E-state index contributed by atoms with van der Waals surface area (Å²) >= 11 is 0. The van der Waals surface area contributed by atoms with Gasteiger partial charge < -0.3 is 10.2 Å². The third-order valence-corrected chi connectivity index (χ3v) is 5.01. The molecule has 1 aliphatic heterocycles. The maximum Gasteiger partial charge on any atom is 0.272 e. The van der Waals surface area contributed by atoms with Gasteiger partial charge in [-0.1, -0.05) is 37.1 Å². The van der Waals surface area contributed by atoms with E-state index >= 15 is 0 Å². The van der Waals surface area contributed by atoms with Crippen LogP contribution in [0.4, 0.5) is 5.82 Å². The highest BCUT2D eigenvalue weighted by atomic mass is 16.2. The molecule has 0 saturated heterocycles. The minimum absolute atomic E-state index is 0.0126. The minimum atomic E-state index is -0.0126. The van der Waals surface area contributed by atoms with Gasteiger partial charge in [0.25, 0.3) is 5.91 Å². The van der Waals surface area contributed by atoms with Gasteiger partial charge in [0.15, 0.2) is 0 Å². The van der Waals surface area contributed by atoms with Gasteiger partial charge >= 0.3 is 0 Å². The van der Waals surface area contributed by atoms with Gasteiger partial charge in [0.05, 0.1) is 0 Å². The first-order chi connectivity index (χ1) is 11.8. The second-order valence-corrected chi connectivity index (χ2v) is 6.66. The molecule has 1 N–H and O–H groups in total. The Morgan fingerprint density at radius 3 is 2.75 bits per heavy atom. The number of carbonyl (C=O) groups is 1. The summed E-state index contributed by atoms with van der Waals surface area (Å²) in [5.74, 6) is 0.749. The van der Waals surface area contributed by atoms with Crippen LogP contribution in [0.15, 0.2) is 36.7 Å². The van der Waals surface area contributed by atoms with Crippen molar-refractivity contribution in [1.29, 1.82) is 0 Å². The van der Waals surface area contributed by atoms with Crippen LogP contribution in [0, 0.1) is 0 Å². The van der Waals surface area contributed by atoms with Crippen molar-refractivity contribution >= 4 is 11.7 Å². The second kappa shape index (κ2) is 6.59. The quantitative estimate of drug-likeness (QED) is 0.943. The first kappa shape index (κ1) is 15.1. The molecule has 1 aliphatic carbocycles. The zero-order valence-corrected chi connectivity index (χ0v) is 13.7. The first-order valence-corrected chi connectivity index (χ1v) is 8.74. The molecule has 1 aromatic carbocycles. The average Bonchev–Trinajstić information content (AvgIpc) is 3.14. The van der Waals surface area contributed by atoms with Gasteiger partial charge in [-0.15, -0.1) is 0 Å². The lowest BCUT2D eigenvalue weighted by Crippen LogP contribution is -2.36. The van der Waals surface area contributed by atoms with Crippen LogP contribution in [0.25, 0.3) is 0 Å². The Morgan fingerprint density at radius 1 is 1.12 bits per heavy atom. The molecular formula is C19H22N4O. The van der Waals surface area contributed by atoms with E-state index in [-0.39, 0.29) is 5.91 Å².